The Kier molecular flexibility index (Phi) is 4.86. The summed E-state index contributed by atoms with van der Waals surface area (Å²) < 4.78 is 0. The van der Waals surface area contributed by atoms with Gasteiger partial charge in [0.1, 0.15) is 6.07 Å². The molecule has 1 aromatic carbocycles. The van der Waals surface area contributed by atoms with E-state index in [4.69, 9.17) is 16.9 Å². The lowest BCUT2D eigenvalue weighted by Gasteiger charge is -2.26. The van der Waals surface area contributed by atoms with E-state index in [1.165, 1.54) is 32.4 Å². The van der Waals surface area contributed by atoms with Crippen molar-refractivity contribution in [3.05, 3.63) is 28.8 Å². The summed E-state index contributed by atoms with van der Waals surface area (Å²) in [5.74, 6) is 0. The Hall–Kier alpha value is -1.24. The van der Waals surface area contributed by atoms with Crippen LogP contribution < -0.4 is 5.32 Å². The van der Waals surface area contributed by atoms with Gasteiger partial charge in [-0.05, 0) is 38.1 Å². The summed E-state index contributed by atoms with van der Waals surface area (Å²) in [6.45, 7) is 4.27. The molecule has 1 saturated heterocycles. The van der Waals surface area contributed by atoms with Crippen LogP contribution in [0.1, 0.15) is 24.8 Å². The lowest BCUT2D eigenvalue weighted by Crippen LogP contribution is -2.33. The first-order valence-corrected chi connectivity index (χ1v) is 6.84. The average molecular weight is 264 g/mol. The molecule has 0 radical (unpaired) electrons. The summed E-state index contributed by atoms with van der Waals surface area (Å²) in [5.41, 5.74) is 1.37. The van der Waals surface area contributed by atoms with Gasteiger partial charge < -0.3 is 10.2 Å². The van der Waals surface area contributed by atoms with Gasteiger partial charge in [-0.3, -0.25) is 0 Å². The molecule has 0 unspecified atom stereocenters. The summed E-state index contributed by atoms with van der Waals surface area (Å²) >= 11 is 5.98. The van der Waals surface area contributed by atoms with E-state index in [1.54, 1.807) is 6.07 Å². The Morgan fingerprint density at radius 1 is 1.28 bits per heavy atom. The molecule has 0 bridgehead atoms. The van der Waals surface area contributed by atoms with E-state index in [1.807, 2.05) is 12.1 Å². The molecular formula is C14H18ClN3. The van der Waals surface area contributed by atoms with Crippen LogP contribution in [0, 0.1) is 11.3 Å². The van der Waals surface area contributed by atoms with Crippen LogP contribution in [0.5, 0.6) is 0 Å². The first-order valence-electron chi connectivity index (χ1n) is 6.46. The molecule has 4 heteroatoms. The molecule has 2 rings (SSSR count). The van der Waals surface area contributed by atoms with E-state index in [0.29, 0.717) is 10.6 Å². The van der Waals surface area contributed by atoms with Gasteiger partial charge >= 0.3 is 0 Å². The van der Waals surface area contributed by atoms with Crippen LogP contribution in [0.3, 0.4) is 0 Å². The number of halogens is 1. The maximum atomic E-state index is 9.06. The van der Waals surface area contributed by atoms with Crippen molar-refractivity contribution in [1.29, 1.82) is 5.26 Å². The van der Waals surface area contributed by atoms with Gasteiger partial charge in [-0.15, -0.1) is 0 Å². The highest BCUT2D eigenvalue weighted by molar-refractivity contribution is 6.32. The van der Waals surface area contributed by atoms with E-state index in [2.05, 4.69) is 16.3 Å². The van der Waals surface area contributed by atoms with Gasteiger partial charge in [0.25, 0.3) is 0 Å². The molecule has 0 atom stereocenters. The van der Waals surface area contributed by atoms with Crippen LogP contribution in [0.15, 0.2) is 18.2 Å². The molecule has 0 amide bonds. The normalized spacial score (nSPS) is 16.2. The summed E-state index contributed by atoms with van der Waals surface area (Å²) in [7, 11) is 0. The molecule has 0 aromatic heterocycles. The SMILES string of the molecule is N#Cc1c(Cl)cccc1NCCN1CCCCC1. The first kappa shape index (κ1) is 13.2. The van der Waals surface area contributed by atoms with E-state index >= 15 is 0 Å². The predicted octanol–water partition coefficient (Wildman–Crippen LogP) is 3.11. The number of nitrogens with one attached hydrogen (secondary N) is 1. The molecule has 1 heterocycles. The lowest BCUT2D eigenvalue weighted by molar-refractivity contribution is 0.237. The maximum Gasteiger partial charge on any atom is 0.103 e. The second-order valence-electron chi connectivity index (χ2n) is 4.60. The molecule has 3 nitrogen and oxygen atoms in total. The Morgan fingerprint density at radius 2 is 2.06 bits per heavy atom. The largest absolute Gasteiger partial charge is 0.383 e. The topological polar surface area (TPSA) is 39.1 Å². The van der Waals surface area contributed by atoms with Crippen molar-refractivity contribution >= 4 is 17.3 Å². The second-order valence-corrected chi connectivity index (χ2v) is 5.01. The maximum absolute atomic E-state index is 9.06. The molecule has 0 saturated carbocycles. The van der Waals surface area contributed by atoms with Gasteiger partial charge in [0.15, 0.2) is 0 Å². The van der Waals surface area contributed by atoms with Crippen molar-refractivity contribution in [1.82, 2.24) is 4.90 Å². The van der Waals surface area contributed by atoms with Gasteiger partial charge in [0.05, 0.1) is 16.3 Å². The van der Waals surface area contributed by atoms with Crippen molar-refractivity contribution in [2.75, 3.05) is 31.5 Å². The standard InChI is InChI=1S/C14H18ClN3/c15-13-5-4-6-14(12(13)11-16)17-7-10-18-8-2-1-3-9-18/h4-6,17H,1-3,7-10H2. The lowest BCUT2D eigenvalue weighted by atomic mass is 10.1. The minimum absolute atomic E-state index is 0.514. The van der Waals surface area contributed by atoms with Gasteiger partial charge in [0.2, 0.25) is 0 Å². The summed E-state index contributed by atoms with van der Waals surface area (Å²) in [4.78, 5) is 2.47. The number of anilines is 1. The van der Waals surface area contributed by atoms with Crippen molar-refractivity contribution in [3.8, 4) is 6.07 Å². The fraction of sp³-hybridized carbons (Fsp3) is 0.500. The predicted molar refractivity (Wildman–Crippen MR) is 74.9 cm³/mol. The van der Waals surface area contributed by atoms with Crippen molar-refractivity contribution in [3.63, 3.8) is 0 Å². The fourth-order valence-electron chi connectivity index (χ4n) is 2.32. The average Bonchev–Trinajstić information content (AvgIpc) is 2.40. The van der Waals surface area contributed by atoms with Crippen LogP contribution in [-0.2, 0) is 0 Å². The third-order valence-corrected chi connectivity index (χ3v) is 3.63. The summed E-state index contributed by atoms with van der Waals surface area (Å²) in [5, 5.41) is 12.9. The third kappa shape index (κ3) is 3.38. The van der Waals surface area contributed by atoms with Crippen molar-refractivity contribution in [2.45, 2.75) is 19.3 Å². The Labute approximate surface area is 113 Å². The molecule has 18 heavy (non-hydrogen) atoms. The number of hydrogen-bond acceptors (Lipinski definition) is 3. The number of hydrogen-bond donors (Lipinski definition) is 1. The molecular weight excluding hydrogens is 246 g/mol. The quantitative estimate of drug-likeness (QED) is 0.907. The molecule has 1 aliphatic rings. The van der Waals surface area contributed by atoms with Crippen LogP contribution in [0.4, 0.5) is 5.69 Å². The molecule has 96 valence electrons. The highest BCUT2D eigenvalue weighted by Crippen LogP contribution is 2.23. The van der Waals surface area contributed by atoms with Crippen molar-refractivity contribution < 1.29 is 0 Å². The molecule has 0 aliphatic carbocycles. The Balaban J connectivity index is 1.86. The van der Waals surface area contributed by atoms with Gasteiger partial charge in [-0.25, -0.2) is 0 Å². The second kappa shape index (κ2) is 6.63. The van der Waals surface area contributed by atoms with Gasteiger partial charge in [0, 0.05) is 13.1 Å². The van der Waals surface area contributed by atoms with Gasteiger partial charge in [-0.1, -0.05) is 24.1 Å². The smallest absolute Gasteiger partial charge is 0.103 e. The Morgan fingerprint density at radius 3 is 2.78 bits per heavy atom. The summed E-state index contributed by atoms with van der Waals surface area (Å²) in [6, 6.07) is 7.66. The monoisotopic (exact) mass is 263 g/mol. The van der Waals surface area contributed by atoms with E-state index in [0.717, 1.165) is 18.8 Å². The zero-order valence-corrected chi connectivity index (χ0v) is 11.2. The molecule has 0 spiro atoms. The van der Waals surface area contributed by atoms with E-state index in [9.17, 15) is 0 Å². The van der Waals surface area contributed by atoms with E-state index < -0.39 is 0 Å². The van der Waals surface area contributed by atoms with Crippen LogP contribution in [-0.4, -0.2) is 31.1 Å². The number of piperidine rings is 1. The third-order valence-electron chi connectivity index (χ3n) is 3.32. The minimum Gasteiger partial charge on any atom is -0.383 e. The van der Waals surface area contributed by atoms with E-state index in [-0.39, 0.29) is 0 Å². The fourth-order valence-corrected chi connectivity index (χ4v) is 2.53. The summed E-state index contributed by atoms with van der Waals surface area (Å²) in [6.07, 6.45) is 3.97. The molecule has 1 N–H and O–H groups in total. The minimum atomic E-state index is 0.514. The zero-order chi connectivity index (χ0) is 12.8. The highest BCUT2D eigenvalue weighted by Gasteiger charge is 2.10. The molecule has 1 fully saturated rings. The number of nitriles is 1. The van der Waals surface area contributed by atoms with Crippen LogP contribution in [0.2, 0.25) is 5.02 Å². The zero-order valence-electron chi connectivity index (χ0n) is 10.5. The molecule has 1 aromatic rings. The van der Waals surface area contributed by atoms with Crippen molar-refractivity contribution in [2.24, 2.45) is 0 Å². The number of benzene rings is 1. The molecule has 1 aliphatic heterocycles. The van der Waals surface area contributed by atoms with Crippen LogP contribution >= 0.6 is 11.6 Å². The number of rotatable bonds is 4. The number of nitrogens with zero attached hydrogens (tertiary/aromatic N) is 2. The Bertz CT molecular complexity index is 433. The first-order chi connectivity index (χ1) is 8.81. The highest BCUT2D eigenvalue weighted by atomic mass is 35.5. The van der Waals surface area contributed by atoms with Gasteiger partial charge in [-0.2, -0.15) is 5.26 Å². The van der Waals surface area contributed by atoms with Crippen LogP contribution in [0.25, 0.3) is 0 Å². The number of likely N-dealkylation sites (tertiary alicyclic amines) is 1.